The highest BCUT2D eigenvalue weighted by molar-refractivity contribution is 9.08. The van der Waals surface area contributed by atoms with E-state index < -0.39 is 0 Å². The van der Waals surface area contributed by atoms with Crippen molar-refractivity contribution >= 4 is 21.7 Å². The molecule has 1 saturated heterocycles. The zero-order valence-electron chi connectivity index (χ0n) is 7.54. The SMILES string of the molecule is BrCc1cccnc1N1CCCC1. The maximum absolute atomic E-state index is 4.43. The first kappa shape index (κ1) is 9.00. The molecule has 0 saturated carbocycles. The zero-order chi connectivity index (χ0) is 9.10. The Hall–Kier alpha value is -0.570. The van der Waals surface area contributed by atoms with Gasteiger partial charge in [0.15, 0.2) is 0 Å². The smallest absolute Gasteiger partial charge is 0.132 e. The molecule has 1 aliphatic rings. The molecule has 0 unspecified atom stereocenters. The molecule has 1 aromatic rings. The van der Waals surface area contributed by atoms with E-state index in [0.29, 0.717) is 0 Å². The number of nitrogens with zero attached hydrogens (tertiary/aromatic N) is 2. The number of hydrogen-bond acceptors (Lipinski definition) is 2. The molecule has 70 valence electrons. The molecule has 0 amide bonds. The normalized spacial score (nSPS) is 16.5. The van der Waals surface area contributed by atoms with Gasteiger partial charge in [-0.15, -0.1) is 0 Å². The van der Waals surface area contributed by atoms with Gasteiger partial charge in [-0.25, -0.2) is 4.98 Å². The third kappa shape index (κ3) is 1.85. The average Bonchev–Trinajstić information content (AvgIpc) is 2.70. The average molecular weight is 241 g/mol. The van der Waals surface area contributed by atoms with E-state index in [9.17, 15) is 0 Å². The van der Waals surface area contributed by atoms with E-state index in [1.165, 1.54) is 18.4 Å². The van der Waals surface area contributed by atoms with E-state index in [1.807, 2.05) is 12.3 Å². The highest BCUT2D eigenvalue weighted by Crippen LogP contribution is 2.23. The van der Waals surface area contributed by atoms with Crippen molar-refractivity contribution < 1.29 is 0 Å². The van der Waals surface area contributed by atoms with E-state index in [4.69, 9.17) is 0 Å². The number of anilines is 1. The van der Waals surface area contributed by atoms with Gasteiger partial charge in [-0.3, -0.25) is 0 Å². The predicted molar refractivity (Wildman–Crippen MR) is 58.3 cm³/mol. The summed E-state index contributed by atoms with van der Waals surface area (Å²) in [6, 6.07) is 4.13. The Balaban J connectivity index is 2.26. The van der Waals surface area contributed by atoms with Crippen molar-refractivity contribution in [3.8, 4) is 0 Å². The minimum Gasteiger partial charge on any atom is -0.356 e. The summed E-state index contributed by atoms with van der Waals surface area (Å²) in [7, 11) is 0. The number of pyridine rings is 1. The van der Waals surface area contributed by atoms with Crippen molar-refractivity contribution in [3.05, 3.63) is 23.9 Å². The number of rotatable bonds is 2. The lowest BCUT2D eigenvalue weighted by Gasteiger charge is -2.18. The molecule has 2 heterocycles. The fourth-order valence-corrected chi connectivity index (χ4v) is 2.19. The van der Waals surface area contributed by atoms with Gasteiger partial charge < -0.3 is 4.90 Å². The van der Waals surface area contributed by atoms with Crippen LogP contribution in [0.3, 0.4) is 0 Å². The van der Waals surface area contributed by atoms with Gasteiger partial charge in [0.2, 0.25) is 0 Å². The lowest BCUT2D eigenvalue weighted by molar-refractivity contribution is 0.927. The first-order chi connectivity index (χ1) is 6.42. The van der Waals surface area contributed by atoms with Gasteiger partial charge in [-0.05, 0) is 18.9 Å². The standard InChI is InChI=1S/C10H13BrN2/c11-8-9-4-3-5-12-10(9)13-6-1-2-7-13/h3-5H,1-2,6-8H2. The molecular formula is C10H13BrN2. The summed E-state index contributed by atoms with van der Waals surface area (Å²) in [5.41, 5.74) is 1.30. The Kier molecular flexibility index (Phi) is 2.83. The van der Waals surface area contributed by atoms with Gasteiger partial charge in [-0.1, -0.05) is 22.0 Å². The molecule has 0 atom stereocenters. The summed E-state index contributed by atoms with van der Waals surface area (Å²) in [5.74, 6) is 1.16. The second-order valence-corrected chi connectivity index (χ2v) is 3.87. The molecule has 0 radical (unpaired) electrons. The minimum absolute atomic E-state index is 0.896. The first-order valence-electron chi connectivity index (χ1n) is 4.66. The molecular weight excluding hydrogens is 228 g/mol. The maximum atomic E-state index is 4.43. The van der Waals surface area contributed by atoms with Crippen LogP contribution in [-0.4, -0.2) is 18.1 Å². The number of hydrogen-bond donors (Lipinski definition) is 0. The first-order valence-corrected chi connectivity index (χ1v) is 5.79. The molecule has 3 heteroatoms. The fraction of sp³-hybridized carbons (Fsp3) is 0.500. The van der Waals surface area contributed by atoms with Crippen molar-refractivity contribution in [2.75, 3.05) is 18.0 Å². The number of halogens is 1. The molecule has 0 aliphatic carbocycles. The van der Waals surface area contributed by atoms with Gasteiger partial charge in [-0.2, -0.15) is 0 Å². The number of aromatic nitrogens is 1. The largest absolute Gasteiger partial charge is 0.356 e. The second-order valence-electron chi connectivity index (χ2n) is 3.31. The molecule has 0 spiro atoms. The Morgan fingerprint density at radius 2 is 2.15 bits per heavy atom. The molecule has 2 rings (SSSR count). The predicted octanol–water partition coefficient (Wildman–Crippen LogP) is 2.58. The van der Waals surface area contributed by atoms with E-state index in [2.05, 4.69) is 31.9 Å². The monoisotopic (exact) mass is 240 g/mol. The fourth-order valence-electron chi connectivity index (χ4n) is 1.75. The van der Waals surface area contributed by atoms with E-state index in [-0.39, 0.29) is 0 Å². The summed E-state index contributed by atoms with van der Waals surface area (Å²) >= 11 is 3.49. The summed E-state index contributed by atoms with van der Waals surface area (Å²) in [5, 5.41) is 0.896. The van der Waals surface area contributed by atoms with Gasteiger partial charge in [0, 0.05) is 30.2 Å². The quantitative estimate of drug-likeness (QED) is 0.740. The highest BCUT2D eigenvalue weighted by atomic mass is 79.9. The Morgan fingerprint density at radius 1 is 1.38 bits per heavy atom. The van der Waals surface area contributed by atoms with E-state index in [0.717, 1.165) is 24.2 Å². The Bertz CT molecular complexity index is 282. The van der Waals surface area contributed by atoms with Gasteiger partial charge >= 0.3 is 0 Å². The van der Waals surface area contributed by atoms with Gasteiger partial charge in [0.1, 0.15) is 5.82 Å². The topological polar surface area (TPSA) is 16.1 Å². The molecule has 0 aromatic carbocycles. The molecule has 1 fully saturated rings. The second kappa shape index (κ2) is 4.09. The molecule has 13 heavy (non-hydrogen) atoms. The summed E-state index contributed by atoms with van der Waals surface area (Å²) in [6.45, 7) is 2.33. The van der Waals surface area contributed by atoms with Crippen molar-refractivity contribution in [2.45, 2.75) is 18.2 Å². The van der Waals surface area contributed by atoms with Crippen molar-refractivity contribution in [1.82, 2.24) is 4.98 Å². The molecule has 0 bridgehead atoms. The summed E-state index contributed by atoms with van der Waals surface area (Å²) in [4.78, 5) is 6.80. The minimum atomic E-state index is 0.896. The van der Waals surface area contributed by atoms with Crippen LogP contribution in [0.2, 0.25) is 0 Å². The lowest BCUT2D eigenvalue weighted by Crippen LogP contribution is -2.20. The summed E-state index contributed by atoms with van der Waals surface area (Å²) < 4.78 is 0. The molecule has 0 N–H and O–H groups in total. The van der Waals surface area contributed by atoms with Crippen LogP contribution in [0.1, 0.15) is 18.4 Å². The van der Waals surface area contributed by atoms with Crippen LogP contribution in [0.25, 0.3) is 0 Å². The van der Waals surface area contributed by atoms with Crippen LogP contribution >= 0.6 is 15.9 Å². The third-order valence-corrected chi connectivity index (χ3v) is 3.02. The van der Waals surface area contributed by atoms with Crippen LogP contribution < -0.4 is 4.90 Å². The maximum Gasteiger partial charge on any atom is 0.132 e. The number of alkyl halides is 1. The van der Waals surface area contributed by atoms with Crippen LogP contribution in [0, 0.1) is 0 Å². The van der Waals surface area contributed by atoms with E-state index in [1.54, 1.807) is 0 Å². The van der Waals surface area contributed by atoms with Crippen LogP contribution in [0.5, 0.6) is 0 Å². The Morgan fingerprint density at radius 3 is 2.85 bits per heavy atom. The highest BCUT2D eigenvalue weighted by Gasteiger charge is 2.15. The Labute approximate surface area is 87.1 Å². The molecule has 2 nitrogen and oxygen atoms in total. The van der Waals surface area contributed by atoms with Crippen LogP contribution in [0.4, 0.5) is 5.82 Å². The van der Waals surface area contributed by atoms with Gasteiger partial charge in [0.25, 0.3) is 0 Å². The van der Waals surface area contributed by atoms with E-state index >= 15 is 0 Å². The van der Waals surface area contributed by atoms with Crippen molar-refractivity contribution in [3.63, 3.8) is 0 Å². The summed E-state index contributed by atoms with van der Waals surface area (Å²) in [6.07, 6.45) is 4.48. The lowest BCUT2D eigenvalue weighted by atomic mass is 10.3. The van der Waals surface area contributed by atoms with Crippen molar-refractivity contribution in [2.24, 2.45) is 0 Å². The third-order valence-electron chi connectivity index (χ3n) is 2.42. The van der Waals surface area contributed by atoms with Crippen molar-refractivity contribution in [1.29, 1.82) is 0 Å². The molecule has 1 aliphatic heterocycles. The van der Waals surface area contributed by atoms with Gasteiger partial charge in [0.05, 0.1) is 0 Å². The molecule has 1 aromatic heterocycles. The van der Waals surface area contributed by atoms with Crippen LogP contribution in [-0.2, 0) is 5.33 Å². The van der Waals surface area contributed by atoms with Crippen LogP contribution in [0.15, 0.2) is 18.3 Å². The zero-order valence-corrected chi connectivity index (χ0v) is 9.13.